The van der Waals surface area contributed by atoms with Gasteiger partial charge in [0.05, 0.1) is 8.79 Å². The van der Waals surface area contributed by atoms with E-state index in [2.05, 4.69) is 45.3 Å². The van der Waals surface area contributed by atoms with Gasteiger partial charge in [-0.3, -0.25) is 0 Å². The largest absolute Gasteiger partial charge is 0.366 e. The maximum absolute atomic E-state index is 3.48. The van der Waals surface area contributed by atoms with Crippen molar-refractivity contribution in [1.29, 1.82) is 0 Å². The number of hydrogen-bond donors (Lipinski definition) is 1. The Balaban J connectivity index is 2.25. The number of unbranched alkanes of at least 4 members (excludes halogenated alkanes) is 1. The Morgan fingerprint density at radius 1 is 1.43 bits per heavy atom. The first-order valence-electron chi connectivity index (χ1n) is 4.85. The lowest BCUT2D eigenvalue weighted by Gasteiger charge is -2.16. The van der Waals surface area contributed by atoms with E-state index in [1.54, 1.807) is 11.3 Å². The van der Waals surface area contributed by atoms with Crippen molar-refractivity contribution in [2.75, 3.05) is 32.1 Å². The standard InChI is InChI=1S/C10H17BrN2S/c1-12-7-3-4-8-13(2)10-6-5-9(11)14-10/h5-6,12H,3-4,7-8H2,1-2H3. The van der Waals surface area contributed by atoms with Crippen LogP contribution in [0.1, 0.15) is 12.8 Å². The molecule has 0 saturated heterocycles. The lowest BCUT2D eigenvalue weighted by atomic mass is 10.3. The van der Waals surface area contributed by atoms with Crippen LogP contribution in [0.15, 0.2) is 15.9 Å². The van der Waals surface area contributed by atoms with Crippen molar-refractivity contribution in [2.45, 2.75) is 12.8 Å². The molecule has 1 aromatic heterocycles. The normalized spacial score (nSPS) is 10.5. The molecule has 0 aliphatic carbocycles. The predicted molar refractivity (Wildman–Crippen MR) is 68.4 cm³/mol. The van der Waals surface area contributed by atoms with Gasteiger partial charge in [-0.2, -0.15) is 0 Å². The first-order chi connectivity index (χ1) is 6.74. The van der Waals surface area contributed by atoms with Crippen molar-refractivity contribution in [3.63, 3.8) is 0 Å². The van der Waals surface area contributed by atoms with E-state index in [0.29, 0.717) is 0 Å². The van der Waals surface area contributed by atoms with Crippen LogP contribution in [-0.4, -0.2) is 27.2 Å². The number of nitrogens with zero attached hydrogens (tertiary/aromatic N) is 1. The van der Waals surface area contributed by atoms with Crippen molar-refractivity contribution >= 4 is 32.3 Å². The Bertz CT molecular complexity index is 262. The molecule has 1 N–H and O–H groups in total. The van der Waals surface area contributed by atoms with Crippen molar-refractivity contribution in [1.82, 2.24) is 5.32 Å². The summed E-state index contributed by atoms with van der Waals surface area (Å²) in [7, 11) is 4.15. The second-order valence-corrected chi connectivity index (χ2v) is 5.75. The molecule has 14 heavy (non-hydrogen) atoms. The van der Waals surface area contributed by atoms with E-state index in [1.807, 2.05) is 7.05 Å². The highest BCUT2D eigenvalue weighted by Crippen LogP contribution is 2.29. The summed E-state index contributed by atoms with van der Waals surface area (Å²) in [6, 6.07) is 4.26. The van der Waals surface area contributed by atoms with Crippen LogP contribution < -0.4 is 10.2 Å². The molecule has 0 fully saturated rings. The molecule has 1 aromatic rings. The molecule has 0 atom stereocenters. The van der Waals surface area contributed by atoms with Crippen molar-refractivity contribution in [3.8, 4) is 0 Å². The van der Waals surface area contributed by atoms with Gasteiger partial charge in [-0.05, 0) is 54.5 Å². The smallest absolute Gasteiger partial charge is 0.0917 e. The van der Waals surface area contributed by atoms with E-state index in [9.17, 15) is 0 Å². The van der Waals surface area contributed by atoms with E-state index in [0.717, 1.165) is 13.1 Å². The van der Waals surface area contributed by atoms with E-state index < -0.39 is 0 Å². The quantitative estimate of drug-likeness (QED) is 0.804. The minimum Gasteiger partial charge on any atom is -0.366 e. The SMILES string of the molecule is CNCCCCN(C)c1ccc(Br)s1. The van der Waals surface area contributed by atoms with Crippen molar-refractivity contribution in [2.24, 2.45) is 0 Å². The Morgan fingerprint density at radius 2 is 2.21 bits per heavy atom. The summed E-state index contributed by atoms with van der Waals surface area (Å²) in [6.07, 6.45) is 2.49. The van der Waals surface area contributed by atoms with Gasteiger partial charge in [-0.25, -0.2) is 0 Å². The Kier molecular flexibility index (Phi) is 5.52. The van der Waals surface area contributed by atoms with Crippen LogP contribution in [0.4, 0.5) is 5.00 Å². The number of hydrogen-bond acceptors (Lipinski definition) is 3. The van der Waals surface area contributed by atoms with Crippen LogP contribution in [0.5, 0.6) is 0 Å². The second kappa shape index (κ2) is 6.43. The zero-order chi connectivity index (χ0) is 10.4. The van der Waals surface area contributed by atoms with Gasteiger partial charge in [0.1, 0.15) is 0 Å². The fraction of sp³-hybridized carbons (Fsp3) is 0.600. The third-order valence-electron chi connectivity index (χ3n) is 2.11. The summed E-state index contributed by atoms with van der Waals surface area (Å²) in [5.74, 6) is 0. The number of halogens is 1. The lowest BCUT2D eigenvalue weighted by Crippen LogP contribution is -2.18. The summed E-state index contributed by atoms with van der Waals surface area (Å²) in [4.78, 5) is 2.31. The Labute approximate surface area is 98.4 Å². The molecule has 0 unspecified atom stereocenters. The topological polar surface area (TPSA) is 15.3 Å². The maximum atomic E-state index is 3.48. The molecule has 2 nitrogen and oxygen atoms in total. The highest BCUT2D eigenvalue weighted by atomic mass is 79.9. The fourth-order valence-electron chi connectivity index (χ4n) is 1.27. The first-order valence-corrected chi connectivity index (χ1v) is 6.46. The van der Waals surface area contributed by atoms with Crippen LogP contribution in [0.25, 0.3) is 0 Å². The van der Waals surface area contributed by atoms with Gasteiger partial charge < -0.3 is 10.2 Å². The molecule has 0 aliphatic rings. The van der Waals surface area contributed by atoms with Gasteiger partial charge in [0.25, 0.3) is 0 Å². The molecule has 1 rings (SSSR count). The third kappa shape index (κ3) is 3.98. The van der Waals surface area contributed by atoms with E-state index in [-0.39, 0.29) is 0 Å². The summed E-state index contributed by atoms with van der Waals surface area (Å²) in [5, 5.41) is 4.50. The summed E-state index contributed by atoms with van der Waals surface area (Å²) >= 11 is 5.26. The molecule has 0 aliphatic heterocycles. The summed E-state index contributed by atoms with van der Waals surface area (Å²) in [6.45, 7) is 2.25. The molecule has 1 heterocycles. The predicted octanol–water partition coefficient (Wildman–Crippen LogP) is 2.95. The molecular formula is C10H17BrN2S. The maximum Gasteiger partial charge on any atom is 0.0917 e. The average molecular weight is 277 g/mol. The number of thiophene rings is 1. The third-order valence-corrected chi connectivity index (χ3v) is 3.84. The van der Waals surface area contributed by atoms with Crippen LogP contribution in [0.2, 0.25) is 0 Å². The number of rotatable bonds is 6. The van der Waals surface area contributed by atoms with Gasteiger partial charge in [0, 0.05) is 13.6 Å². The van der Waals surface area contributed by atoms with Crippen LogP contribution >= 0.6 is 27.3 Å². The molecule has 0 bridgehead atoms. The molecule has 0 aromatic carbocycles. The Hall–Kier alpha value is -0.0600. The molecule has 0 radical (unpaired) electrons. The fourth-order valence-corrected chi connectivity index (χ4v) is 2.62. The second-order valence-electron chi connectivity index (χ2n) is 3.31. The van der Waals surface area contributed by atoms with Gasteiger partial charge >= 0.3 is 0 Å². The van der Waals surface area contributed by atoms with Crippen molar-refractivity contribution < 1.29 is 0 Å². The zero-order valence-corrected chi connectivity index (χ0v) is 11.1. The number of nitrogens with one attached hydrogen (secondary N) is 1. The molecular weight excluding hydrogens is 260 g/mol. The lowest BCUT2D eigenvalue weighted by molar-refractivity contribution is 0.672. The summed E-state index contributed by atoms with van der Waals surface area (Å²) < 4.78 is 1.20. The molecule has 0 spiro atoms. The van der Waals surface area contributed by atoms with Crippen LogP contribution in [-0.2, 0) is 0 Å². The molecule has 80 valence electrons. The van der Waals surface area contributed by atoms with Gasteiger partial charge in [0.15, 0.2) is 0 Å². The Morgan fingerprint density at radius 3 is 2.79 bits per heavy atom. The monoisotopic (exact) mass is 276 g/mol. The highest BCUT2D eigenvalue weighted by Gasteiger charge is 2.02. The highest BCUT2D eigenvalue weighted by molar-refractivity contribution is 9.11. The van der Waals surface area contributed by atoms with Crippen LogP contribution in [0.3, 0.4) is 0 Å². The van der Waals surface area contributed by atoms with Crippen LogP contribution in [0, 0.1) is 0 Å². The molecule has 4 heteroatoms. The average Bonchev–Trinajstić information content (AvgIpc) is 2.59. The van der Waals surface area contributed by atoms with E-state index in [4.69, 9.17) is 0 Å². The van der Waals surface area contributed by atoms with Crippen molar-refractivity contribution in [3.05, 3.63) is 15.9 Å². The minimum absolute atomic E-state index is 1.11. The zero-order valence-electron chi connectivity index (χ0n) is 8.72. The van der Waals surface area contributed by atoms with E-state index in [1.165, 1.54) is 21.6 Å². The molecule has 0 amide bonds. The summed E-state index contributed by atoms with van der Waals surface area (Å²) in [5.41, 5.74) is 0. The number of anilines is 1. The first kappa shape index (κ1) is 12.0. The van der Waals surface area contributed by atoms with Gasteiger partial charge in [-0.1, -0.05) is 0 Å². The van der Waals surface area contributed by atoms with Gasteiger partial charge in [-0.15, -0.1) is 11.3 Å². The minimum atomic E-state index is 1.11. The van der Waals surface area contributed by atoms with E-state index >= 15 is 0 Å². The molecule has 0 saturated carbocycles. The van der Waals surface area contributed by atoms with Gasteiger partial charge in [0.2, 0.25) is 0 Å².